The number of anilines is 2. The summed E-state index contributed by atoms with van der Waals surface area (Å²) in [6, 6.07) is 12.5. The van der Waals surface area contributed by atoms with Gasteiger partial charge in [-0.3, -0.25) is 4.79 Å². The van der Waals surface area contributed by atoms with Crippen LogP contribution in [0.25, 0.3) is 0 Å². The van der Waals surface area contributed by atoms with E-state index in [1.807, 2.05) is 31.2 Å². The molecule has 2 rings (SSSR count). The quantitative estimate of drug-likeness (QED) is 0.829. The van der Waals surface area contributed by atoms with E-state index in [1.54, 1.807) is 19.1 Å². The van der Waals surface area contributed by atoms with Crippen LogP contribution in [0.1, 0.15) is 11.1 Å². The monoisotopic (exact) mass is 361 g/mol. The molecule has 0 spiro atoms. The van der Waals surface area contributed by atoms with Crippen molar-refractivity contribution in [1.29, 1.82) is 0 Å². The minimum atomic E-state index is -3.56. The van der Waals surface area contributed by atoms with Crippen molar-refractivity contribution in [3.63, 3.8) is 0 Å². The van der Waals surface area contributed by atoms with Gasteiger partial charge in [-0.05, 0) is 43.2 Å². The Labute approximate surface area is 148 Å². The van der Waals surface area contributed by atoms with Crippen molar-refractivity contribution in [2.45, 2.75) is 18.7 Å². The molecule has 2 aromatic carbocycles. The van der Waals surface area contributed by atoms with Gasteiger partial charge >= 0.3 is 0 Å². The van der Waals surface area contributed by atoms with Gasteiger partial charge in [-0.25, -0.2) is 12.7 Å². The Morgan fingerprint density at radius 2 is 1.72 bits per heavy atom. The molecule has 0 unspecified atom stereocenters. The lowest BCUT2D eigenvalue weighted by Gasteiger charge is -2.15. The lowest BCUT2D eigenvalue weighted by atomic mass is 10.2. The molecule has 1 amide bonds. The molecule has 0 aliphatic carbocycles. The number of aryl methyl sites for hydroxylation is 2. The minimum Gasteiger partial charge on any atom is -0.376 e. The lowest BCUT2D eigenvalue weighted by Crippen LogP contribution is -2.24. The van der Waals surface area contributed by atoms with Gasteiger partial charge < -0.3 is 10.6 Å². The number of rotatable bonds is 6. The van der Waals surface area contributed by atoms with Crippen molar-refractivity contribution in [3.05, 3.63) is 53.6 Å². The highest BCUT2D eigenvalue weighted by molar-refractivity contribution is 7.89. The Morgan fingerprint density at radius 1 is 1.04 bits per heavy atom. The van der Waals surface area contributed by atoms with Crippen molar-refractivity contribution in [3.8, 4) is 0 Å². The first-order chi connectivity index (χ1) is 11.7. The van der Waals surface area contributed by atoms with Crippen LogP contribution in [-0.4, -0.2) is 39.3 Å². The number of amides is 1. The molecule has 6 nitrogen and oxygen atoms in total. The second-order valence-electron chi connectivity index (χ2n) is 5.98. The van der Waals surface area contributed by atoms with E-state index in [-0.39, 0.29) is 17.3 Å². The summed E-state index contributed by atoms with van der Waals surface area (Å²) >= 11 is 0. The summed E-state index contributed by atoms with van der Waals surface area (Å²) < 4.78 is 25.8. The largest absolute Gasteiger partial charge is 0.376 e. The maximum atomic E-state index is 12.3. The van der Waals surface area contributed by atoms with E-state index < -0.39 is 10.0 Å². The van der Waals surface area contributed by atoms with Gasteiger partial charge in [0.15, 0.2) is 0 Å². The SMILES string of the molecule is Cc1ccccc1NCC(=O)Nc1ccc(C)c(S(=O)(=O)N(C)C)c1. The van der Waals surface area contributed by atoms with Crippen LogP contribution in [0, 0.1) is 13.8 Å². The standard InChI is InChI=1S/C18H23N3O3S/c1-13-7-5-6-8-16(13)19-12-18(22)20-15-10-9-14(2)17(11-15)25(23,24)21(3)4/h5-11,19H,12H2,1-4H3,(H,20,22). The number of carbonyl (C=O) groups is 1. The van der Waals surface area contributed by atoms with Crippen LogP contribution >= 0.6 is 0 Å². The highest BCUT2D eigenvalue weighted by Gasteiger charge is 2.20. The third kappa shape index (κ3) is 4.58. The van der Waals surface area contributed by atoms with Gasteiger partial charge in [0, 0.05) is 25.5 Å². The predicted molar refractivity (Wildman–Crippen MR) is 100 cm³/mol. The highest BCUT2D eigenvalue weighted by atomic mass is 32.2. The molecule has 0 fully saturated rings. The van der Waals surface area contributed by atoms with E-state index in [1.165, 1.54) is 20.2 Å². The van der Waals surface area contributed by atoms with Gasteiger partial charge in [-0.1, -0.05) is 24.3 Å². The fourth-order valence-electron chi connectivity index (χ4n) is 2.30. The van der Waals surface area contributed by atoms with Gasteiger partial charge in [0.25, 0.3) is 0 Å². The second kappa shape index (κ2) is 7.67. The summed E-state index contributed by atoms with van der Waals surface area (Å²) in [7, 11) is -0.604. The molecule has 0 atom stereocenters. The maximum Gasteiger partial charge on any atom is 0.243 e. The first-order valence-electron chi connectivity index (χ1n) is 7.84. The Balaban J connectivity index is 2.10. The Hall–Kier alpha value is -2.38. The molecule has 0 heterocycles. The number of sulfonamides is 1. The van der Waals surface area contributed by atoms with Crippen LogP contribution < -0.4 is 10.6 Å². The van der Waals surface area contributed by atoms with Gasteiger partial charge in [-0.15, -0.1) is 0 Å². The van der Waals surface area contributed by atoms with E-state index in [0.29, 0.717) is 11.3 Å². The lowest BCUT2D eigenvalue weighted by molar-refractivity contribution is -0.114. The first-order valence-corrected chi connectivity index (χ1v) is 9.28. The van der Waals surface area contributed by atoms with Crippen molar-refractivity contribution in [2.75, 3.05) is 31.3 Å². The number of nitrogens with zero attached hydrogens (tertiary/aromatic N) is 1. The Bertz CT molecular complexity index is 877. The van der Waals surface area contributed by atoms with E-state index in [9.17, 15) is 13.2 Å². The summed E-state index contributed by atoms with van der Waals surface area (Å²) in [6.45, 7) is 3.77. The number of nitrogens with one attached hydrogen (secondary N) is 2. The normalized spacial score (nSPS) is 11.4. The zero-order valence-corrected chi connectivity index (χ0v) is 15.6. The van der Waals surface area contributed by atoms with E-state index in [0.717, 1.165) is 15.6 Å². The third-order valence-corrected chi connectivity index (χ3v) is 5.77. The molecule has 0 saturated carbocycles. The zero-order chi connectivity index (χ0) is 18.6. The van der Waals surface area contributed by atoms with E-state index in [2.05, 4.69) is 10.6 Å². The second-order valence-corrected chi connectivity index (χ2v) is 8.10. The van der Waals surface area contributed by atoms with Gasteiger partial charge in [0.1, 0.15) is 0 Å². The summed E-state index contributed by atoms with van der Waals surface area (Å²) in [5.74, 6) is -0.250. The summed E-state index contributed by atoms with van der Waals surface area (Å²) in [5, 5.41) is 5.79. The van der Waals surface area contributed by atoms with E-state index in [4.69, 9.17) is 0 Å². The van der Waals surface area contributed by atoms with Crippen molar-refractivity contribution in [2.24, 2.45) is 0 Å². The average molecular weight is 361 g/mol. The van der Waals surface area contributed by atoms with Crippen molar-refractivity contribution in [1.82, 2.24) is 4.31 Å². The molecule has 134 valence electrons. The number of benzene rings is 2. The van der Waals surface area contributed by atoms with Crippen LogP contribution in [0.2, 0.25) is 0 Å². The molecule has 0 aliphatic rings. The molecule has 7 heteroatoms. The molecular formula is C18H23N3O3S. The first kappa shape index (κ1) is 19.0. The number of hydrogen-bond donors (Lipinski definition) is 2. The molecular weight excluding hydrogens is 338 g/mol. The molecule has 2 N–H and O–H groups in total. The molecule has 25 heavy (non-hydrogen) atoms. The van der Waals surface area contributed by atoms with Crippen LogP contribution in [0.4, 0.5) is 11.4 Å². The van der Waals surface area contributed by atoms with Crippen molar-refractivity contribution < 1.29 is 13.2 Å². The Kier molecular flexibility index (Phi) is 5.81. The van der Waals surface area contributed by atoms with Crippen LogP contribution in [0.15, 0.2) is 47.4 Å². The number of hydrogen-bond acceptors (Lipinski definition) is 4. The topological polar surface area (TPSA) is 78.5 Å². The average Bonchev–Trinajstić information content (AvgIpc) is 2.55. The van der Waals surface area contributed by atoms with Crippen LogP contribution in [-0.2, 0) is 14.8 Å². The van der Waals surface area contributed by atoms with Gasteiger partial charge in [-0.2, -0.15) is 0 Å². The fourth-order valence-corrected chi connectivity index (χ4v) is 3.45. The number of para-hydroxylation sites is 1. The molecule has 0 bridgehead atoms. The van der Waals surface area contributed by atoms with Crippen molar-refractivity contribution >= 4 is 27.3 Å². The van der Waals surface area contributed by atoms with Gasteiger partial charge in [0.05, 0.1) is 11.4 Å². The highest BCUT2D eigenvalue weighted by Crippen LogP contribution is 2.22. The molecule has 2 aromatic rings. The summed E-state index contributed by atoms with van der Waals surface area (Å²) in [4.78, 5) is 12.3. The molecule has 0 saturated heterocycles. The third-order valence-electron chi connectivity index (χ3n) is 3.81. The molecule has 0 aromatic heterocycles. The predicted octanol–water partition coefficient (Wildman–Crippen LogP) is 2.60. The molecule has 0 radical (unpaired) electrons. The maximum absolute atomic E-state index is 12.3. The smallest absolute Gasteiger partial charge is 0.243 e. The molecule has 0 aliphatic heterocycles. The van der Waals surface area contributed by atoms with Crippen LogP contribution in [0.5, 0.6) is 0 Å². The van der Waals surface area contributed by atoms with Gasteiger partial charge in [0.2, 0.25) is 15.9 Å². The fraction of sp³-hybridized carbons (Fsp3) is 0.278. The minimum absolute atomic E-state index is 0.0918. The summed E-state index contributed by atoms with van der Waals surface area (Å²) in [5.41, 5.74) is 3.01. The number of carbonyl (C=O) groups excluding carboxylic acids is 1. The zero-order valence-electron chi connectivity index (χ0n) is 14.8. The summed E-state index contributed by atoms with van der Waals surface area (Å²) in [6.07, 6.45) is 0. The van der Waals surface area contributed by atoms with Crippen LogP contribution in [0.3, 0.4) is 0 Å². The Morgan fingerprint density at radius 3 is 2.36 bits per heavy atom. The van der Waals surface area contributed by atoms with E-state index >= 15 is 0 Å².